The second-order valence-electron chi connectivity index (χ2n) is 6.68. The van der Waals surface area contributed by atoms with E-state index in [4.69, 9.17) is 16.3 Å². The van der Waals surface area contributed by atoms with Gasteiger partial charge in [-0.05, 0) is 36.6 Å². The zero-order chi connectivity index (χ0) is 18.1. The van der Waals surface area contributed by atoms with Gasteiger partial charge in [-0.1, -0.05) is 11.6 Å². The first-order valence-corrected chi connectivity index (χ1v) is 8.95. The molecule has 1 amide bonds. The molecule has 1 spiro atoms. The number of aromatic nitrogens is 2. The molecular weight excluding hydrogens is 354 g/mol. The van der Waals surface area contributed by atoms with Crippen LogP contribution < -0.4 is 0 Å². The molecule has 7 heteroatoms. The van der Waals surface area contributed by atoms with Crippen LogP contribution >= 0.6 is 11.6 Å². The molecule has 0 aliphatic carbocycles. The molecule has 0 bridgehead atoms. The third kappa shape index (κ3) is 3.10. The maximum atomic E-state index is 12.5. The lowest BCUT2D eigenvalue weighted by atomic mass is 9.84. The van der Waals surface area contributed by atoms with E-state index in [0.29, 0.717) is 43.3 Å². The number of halogens is 1. The summed E-state index contributed by atoms with van der Waals surface area (Å²) in [5, 5.41) is 0.500. The molecule has 0 aromatic carbocycles. The van der Waals surface area contributed by atoms with E-state index < -0.39 is 11.7 Å². The quantitative estimate of drug-likeness (QED) is 0.774. The SMILES string of the molecule is O=C(Cc1ccc(Cl)cn1)C(=O)N1CCC2(CC1)OCc1ccncc12. The number of hydrogen-bond donors (Lipinski definition) is 0. The summed E-state index contributed by atoms with van der Waals surface area (Å²) in [6, 6.07) is 5.30. The van der Waals surface area contributed by atoms with Crippen molar-refractivity contribution in [2.45, 2.75) is 31.5 Å². The summed E-state index contributed by atoms with van der Waals surface area (Å²) < 4.78 is 6.06. The van der Waals surface area contributed by atoms with Crippen LogP contribution in [0, 0.1) is 0 Å². The number of likely N-dealkylation sites (tertiary alicyclic amines) is 1. The zero-order valence-corrected chi connectivity index (χ0v) is 14.9. The van der Waals surface area contributed by atoms with E-state index in [1.807, 2.05) is 12.3 Å². The molecule has 1 saturated heterocycles. The van der Waals surface area contributed by atoms with Crippen molar-refractivity contribution in [3.8, 4) is 0 Å². The Kier molecular flexibility index (Phi) is 4.46. The van der Waals surface area contributed by atoms with Gasteiger partial charge in [-0.3, -0.25) is 19.6 Å². The highest BCUT2D eigenvalue weighted by molar-refractivity contribution is 6.36. The summed E-state index contributed by atoms with van der Waals surface area (Å²) in [6.45, 7) is 1.56. The van der Waals surface area contributed by atoms with Gasteiger partial charge in [-0.25, -0.2) is 0 Å². The third-order valence-corrected chi connectivity index (χ3v) is 5.36. The number of rotatable bonds is 3. The van der Waals surface area contributed by atoms with Crippen LogP contribution in [0.25, 0.3) is 0 Å². The summed E-state index contributed by atoms with van der Waals surface area (Å²) >= 11 is 5.79. The van der Waals surface area contributed by atoms with Crippen molar-refractivity contribution in [2.24, 2.45) is 0 Å². The first kappa shape index (κ1) is 17.1. The molecule has 6 nitrogen and oxygen atoms in total. The molecule has 1 fully saturated rings. The first-order valence-electron chi connectivity index (χ1n) is 8.57. The monoisotopic (exact) mass is 371 g/mol. The van der Waals surface area contributed by atoms with Crippen molar-refractivity contribution in [3.63, 3.8) is 0 Å². The summed E-state index contributed by atoms with van der Waals surface area (Å²) in [5.74, 6) is -0.911. The third-order valence-electron chi connectivity index (χ3n) is 5.13. The molecule has 0 radical (unpaired) electrons. The van der Waals surface area contributed by atoms with Crippen LogP contribution in [0.1, 0.15) is 29.7 Å². The normalized spacial score (nSPS) is 18.0. The van der Waals surface area contributed by atoms with Gasteiger partial charge in [0.05, 0.1) is 23.7 Å². The van der Waals surface area contributed by atoms with Crippen LogP contribution in [-0.4, -0.2) is 39.6 Å². The number of ether oxygens (including phenoxy) is 1. The van der Waals surface area contributed by atoms with Crippen molar-refractivity contribution >= 4 is 23.3 Å². The van der Waals surface area contributed by atoms with E-state index in [0.717, 1.165) is 11.1 Å². The average Bonchev–Trinajstić information content (AvgIpc) is 3.02. The summed E-state index contributed by atoms with van der Waals surface area (Å²) in [6.07, 6.45) is 6.43. The molecule has 2 aliphatic rings. The van der Waals surface area contributed by atoms with Gasteiger partial charge in [0.25, 0.3) is 5.91 Å². The minimum absolute atomic E-state index is 0.0130. The second-order valence-corrected chi connectivity index (χ2v) is 7.11. The highest BCUT2D eigenvalue weighted by Crippen LogP contribution is 2.43. The Hall–Kier alpha value is -2.31. The van der Waals surface area contributed by atoms with E-state index in [9.17, 15) is 9.59 Å². The summed E-state index contributed by atoms with van der Waals surface area (Å²) in [7, 11) is 0. The molecule has 0 saturated carbocycles. The fourth-order valence-corrected chi connectivity index (χ4v) is 3.78. The molecule has 2 aromatic heterocycles. The van der Waals surface area contributed by atoms with Crippen molar-refractivity contribution in [2.75, 3.05) is 13.1 Å². The molecule has 4 rings (SSSR count). The topological polar surface area (TPSA) is 72.4 Å². The predicted molar refractivity (Wildman–Crippen MR) is 94.5 cm³/mol. The average molecular weight is 372 g/mol. The number of Topliss-reactive ketones (excluding diaryl/α,β-unsaturated/α-hetero) is 1. The molecule has 2 aliphatic heterocycles. The number of nitrogens with zero attached hydrogens (tertiary/aromatic N) is 3. The molecule has 0 atom stereocenters. The second kappa shape index (κ2) is 6.78. The molecule has 2 aromatic rings. The smallest absolute Gasteiger partial charge is 0.290 e. The van der Waals surface area contributed by atoms with E-state index >= 15 is 0 Å². The van der Waals surface area contributed by atoms with Gasteiger partial charge in [-0.2, -0.15) is 0 Å². The Bertz CT molecular complexity index is 845. The fourth-order valence-electron chi connectivity index (χ4n) is 3.67. The Morgan fingerprint density at radius 1 is 1.19 bits per heavy atom. The summed E-state index contributed by atoms with van der Waals surface area (Å²) in [4.78, 5) is 34.7. The van der Waals surface area contributed by atoms with Crippen molar-refractivity contribution in [1.82, 2.24) is 14.9 Å². The van der Waals surface area contributed by atoms with Gasteiger partial charge < -0.3 is 9.64 Å². The number of hydrogen-bond acceptors (Lipinski definition) is 5. The van der Waals surface area contributed by atoms with Crippen LogP contribution in [0.3, 0.4) is 0 Å². The van der Waals surface area contributed by atoms with Crippen LogP contribution in [-0.2, 0) is 33.0 Å². The molecular formula is C19H18ClN3O3. The van der Waals surface area contributed by atoms with E-state index in [1.54, 1.807) is 23.2 Å². The highest BCUT2D eigenvalue weighted by Gasteiger charge is 2.44. The maximum absolute atomic E-state index is 12.5. The molecule has 134 valence electrons. The fraction of sp³-hybridized carbons (Fsp3) is 0.368. The van der Waals surface area contributed by atoms with Crippen LogP contribution in [0.5, 0.6) is 0 Å². The van der Waals surface area contributed by atoms with Crippen LogP contribution in [0.4, 0.5) is 0 Å². The molecule has 26 heavy (non-hydrogen) atoms. The number of carbonyl (C=O) groups is 2. The maximum Gasteiger partial charge on any atom is 0.290 e. The molecule has 0 unspecified atom stereocenters. The molecule has 0 N–H and O–H groups in total. The number of amides is 1. The number of carbonyl (C=O) groups excluding carboxylic acids is 2. The van der Waals surface area contributed by atoms with Gasteiger partial charge in [0, 0.05) is 42.9 Å². The van der Waals surface area contributed by atoms with Crippen LogP contribution in [0.15, 0.2) is 36.8 Å². The minimum atomic E-state index is -0.457. The predicted octanol–water partition coefficient (Wildman–Crippen LogP) is 2.29. The first-order chi connectivity index (χ1) is 12.6. The molecule has 4 heterocycles. The van der Waals surface area contributed by atoms with E-state index in [1.165, 1.54) is 6.20 Å². The Balaban J connectivity index is 1.39. The van der Waals surface area contributed by atoms with Gasteiger partial charge in [0.1, 0.15) is 0 Å². The Labute approximate surface area is 156 Å². The lowest BCUT2D eigenvalue weighted by Crippen LogP contribution is -2.47. The highest BCUT2D eigenvalue weighted by atomic mass is 35.5. The van der Waals surface area contributed by atoms with Gasteiger partial charge in [0.15, 0.2) is 0 Å². The van der Waals surface area contributed by atoms with E-state index in [2.05, 4.69) is 9.97 Å². The number of pyridine rings is 2. The minimum Gasteiger partial charge on any atom is -0.365 e. The van der Waals surface area contributed by atoms with Crippen molar-refractivity contribution < 1.29 is 14.3 Å². The largest absolute Gasteiger partial charge is 0.365 e. The zero-order valence-electron chi connectivity index (χ0n) is 14.2. The van der Waals surface area contributed by atoms with Gasteiger partial charge in [0.2, 0.25) is 5.78 Å². The van der Waals surface area contributed by atoms with Gasteiger partial charge >= 0.3 is 0 Å². The lowest BCUT2D eigenvalue weighted by molar-refractivity contribution is -0.149. The standard InChI is InChI=1S/C19H18ClN3O3/c20-14-1-2-15(22-10-14)9-17(24)18(25)23-7-4-19(5-8-23)16-11-21-6-3-13(16)12-26-19/h1-3,6,10-11H,4-5,7-9,12H2. The van der Waals surface area contributed by atoms with Crippen molar-refractivity contribution in [1.29, 1.82) is 0 Å². The number of piperidine rings is 1. The summed E-state index contributed by atoms with van der Waals surface area (Å²) in [5.41, 5.74) is 2.44. The number of ketones is 1. The van der Waals surface area contributed by atoms with Crippen molar-refractivity contribution in [3.05, 3.63) is 58.6 Å². The van der Waals surface area contributed by atoms with Gasteiger partial charge in [-0.15, -0.1) is 0 Å². The Morgan fingerprint density at radius 3 is 2.73 bits per heavy atom. The van der Waals surface area contributed by atoms with E-state index in [-0.39, 0.29) is 12.0 Å². The van der Waals surface area contributed by atoms with Crippen LogP contribution in [0.2, 0.25) is 5.02 Å². The Morgan fingerprint density at radius 2 is 2.00 bits per heavy atom. The number of fused-ring (bicyclic) bond motifs is 2. The lowest BCUT2D eigenvalue weighted by Gasteiger charge is -2.38.